The second-order valence-electron chi connectivity index (χ2n) is 3.07. The highest BCUT2D eigenvalue weighted by Crippen LogP contribution is 2.26. The van der Waals surface area contributed by atoms with Gasteiger partial charge in [-0.2, -0.15) is 0 Å². The highest BCUT2D eigenvalue weighted by molar-refractivity contribution is 6.32. The van der Waals surface area contributed by atoms with Crippen LogP contribution in [0.4, 0.5) is 0 Å². The molecule has 1 aromatic carbocycles. The Hall–Kier alpha value is -0.950. The Bertz CT molecular complexity index is 429. The molecule has 0 aliphatic rings. The van der Waals surface area contributed by atoms with Gasteiger partial charge in [0.25, 0.3) is 0 Å². The predicted molar refractivity (Wildman–Crippen MR) is 52.8 cm³/mol. The number of benzene rings is 1. The van der Waals surface area contributed by atoms with E-state index < -0.39 is 0 Å². The molecule has 2 heteroatoms. The molecule has 1 N–H and O–H groups in total. The van der Waals surface area contributed by atoms with Crippen LogP contribution in [0, 0.1) is 13.8 Å². The van der Waals surface area contributed by atoms with Crippen molar-refractivity contribution in [1.29, 1.82) is 0 Å². The molecule has 0 spiro atoms. The van der Waals surface area contributed by atoms with E-state index in [0.29, 0.717) is 0 Å². The van der Waals surface area contributed by atoms with Crippen molar-refractivity contribution in [2.45, 2.75) is 13.8 Å². The average molecular weight is 180 g/mol. The quantitative estimate of drug-likeness (QED) is 0.638. The molecule has 12 heavy (non-hydrogen) atoms. The monoisotopic (exact) mass is 179 g/mol. The first kappa shape index (κ1) is 7.69. The molecule has 1 heterocycles. The number of nitrogens with one attached hydrogen (secondary N) is 1. The van der Waals surface area contributed by atoms with Crippen LogP contribution >= 0.6 is 11.6 Å². The number of hydrogen-bond acceptors (Lipinski definition) is 0. The molecule has 0 saturated heterocycles. The minimum atomic E-state index is 0.823. The Morgan fingerprint density at radius 1 is 1.25 bits per heavy atom. The number of H-pyrrole nitrogens is 1. The minimum Gasteiger partial charge on any atom is -0.361 e. The molecule has 1 nitrogen and oxygen atoms in total. The number of rotatable bonds is 0. The van der Waals surface area contributed by atoms with Gasteiger partial charge in [-0.25, -0.2) is 0 Å². The summed E-state index contributed by atoms with van der Waals surface area (Å²) in [5, 5.41) is 2.08. The maximum Gasteiger partial charge on any atom is 0.0501 e. The molecule has 0 bridgehead atoms. The molecule has 0 fully saturated rings. The molecule has 62 valence electrons. The fraction of sp³-hybridized carbons (Fsp3) is 0.200. The van der Waals surface area contributed by atoms with Crippen LogP contribution in [0.3, 0.4) is 0 Å². The third-order valence-corrected chi connectivity index (χ3v) is 2.67. The van der Waals surface area contributed by atoms with E-state index in [2.05, 4.69) is 18.0 Å². The predicted octanol–water partition coefficient (Wildman–Crippen LogP) is 3.44. The summed E-state index contributed by atoms with van der Waals surface area (Å²) in [6.45, 7) is 4.12. The van der Waals surface area contributed by atoms with E-state index in [1.54, 1.807) is 0 Å². The van der Waals surface area contributed by atoms with E-state index in [4.69, 9.17) is 11.6 Å². The molecule has 0 amide bonds. The summed E-state index contributed by atoms with van der Waals surface area (Å²) in [4.78, 5) is 3.21. The highest BCUT2D eigenvalue weighted by atomic mass is 35.5. The fourth-order valence-corrected chi connectivity index (χ4v) is 1.62. The molecule has 2 aromatic rings. The van der Waals surface area contributed by atoms with Gasteiger partial charge >= 0.3 is 0 Å². The molecule has 2 rings (SSSR count). The van der Waals surface area contributed by atoms with Crippen LogP contribution in [0.25, 0.3) is 10.9 Å². The SMILES string of the molecule is Cc1c[nH]c2c(C)c(Cl)ccc12. The van der Waals surface area contributed by atoms with Crippen LogP contribution in [0.1, 0.15) is 11.1 Å². The van der Waals surface area contributed by atoms with E-state index in [1.807, 2.05) is 19.2 Å². The van der Waals surface area contributed by atoms with E-state index in [9.17, 15) is 0 Å². The van der Waals surface area contributed by atoms with Gasteiger partial charge in [0.2, 0.25) is 0 Å². The first-order chi connectivity index (χ1) is 5.70. The highest BCUT2D eigenvalue weighted by Gasteiger charge is 2.04. The van der Waals surface area contributed by atoms with Gasteiger partial charge < -0.3 is 4.98 Å². The van der Waals surface area contributed by atoms with Gasteiger partial charge in [-0.05, 0) is 31.0 Å². The van der Waals surface area contributed by atoms with Gasteiger partial charge in [0, 0.05) is 16.6 Å². The van der Waals surface area contributed by atoms with Crippen molar-refractivity contribution in [3.05, 3.63) is 34.5 Å². The van der Waals surface area contributed by atoms with E-state index in [0.717, 1.165) is 16.1 Å². The van der Waals surface area contributed by atoms with Crippen molar-refractivity contribution in [2.75, 3.05) is 0 Å². The second kappa shape index (κ2) is 2.53. The van der Waals surface area contributed by atoms with Crippen molar-refractivity contribution in [2.24, 2.45) is 0 Å². The maximum atomic E-state index is 5.98. The molecule has 1 aromatic heterocycles. The molecular weight excluding hydrogens is 170 g/mol. The maximum absolute atomic E-state index is 5.98. The fourth-order valence-electron chi connectivity index (χ4n) is 1.46. The van der Waals surface area contributed by atoms with Crippen LogP contribution in [0.15, 0.2) is 18.3 Å². The van der Waals surface area contributed by atoms with Gasteiger partial charge in [-0.1, -0.05) is 17.7 Å². The van der Waals surface area contributed by atoms with Crippen molar-refractivity contribution in [3.8, 4) is 0 Å². The van der Waals surface area contributed by atoms with Crippen LogP contribution < -0.4 is 0 Å². The summed E-state index contributed by atoms with van der Waals surface area (Å²) in [5.74, 6) is 0. The number of fused-ring (bicyclic) bond motifs is 1. The first-order valence-corrected chi connectivity index (χ1v) is 4.30. The zero-order valence-electron chi connectivity index (χ0n) is 7.11. The van der Waals surface area contributed by atoms with E-state index >= 15 is 0 Å². The lowest BCUT2D eigenvalue weighted by Crippen LogP contribution is -1.77. The average Bonchev–Trinajstić information content (AvgIpc) is 2.41. The van der Waals surface area contributed by atoms with Crippen molar-refractivity contribution >= 4 is 22.5 Å². The molecule has 0 saturated carbocycles. The topological polar surface area (TPSA) is 15.8 Å². The summed E-state index contributed by atoms with van der Waals surface area (Å²) in [6, 6.07) is 4.00. The molecule has 0 radical (unpaired) electrons. The third kappa shape index (κ3) is 0.935. The summed E-state index contributed by atoms with van der Waals surface area (Å²) >= 11 is 5.98. The number of aromatic nitrogens is 1. The number of aromatic amines is 1. The molecule has 0 aliphatic heterocycles. The number of aryl methyl sites for hydroxylation is 2. The second-order valence-corrected chi connectivity index (χ2v) is 3.47. The van der Waals surface area contributed by atoms with Crippen LogP contribution in [-0.4, -0.2) is 4.98 Å². The molecule has 0 aliphatic carbocycles. The third-order valence-electron chi connectivity index (χ3n) is 2.26. The van der Waals surface area contributed by atoms with Crippen LogP contribution in [-0.2, 0) is 0 Å². The molecular formula is C10H10ClN. The van der Waals surface area contributed by atoms with E-state index in [-0.39, 0.29) is 0 Å². The summed E-state index contributed by atoms with van der Waals surface area (Å²) in [7, 11) is 0. The van der Waals surface area contributed by atoms with Gasteiger partial charge in [0.15, 0.2) is 0 Å². The van der Waals surface area contributed by atoms with Crippen molar-refractivity contribution < 1.29 is 0 Å². The minimum absolute atomic E-state index is 0.823. The Morgan fingerprint density at radius 3 is 2.75 bits per heavy atom. The Balaban J connectivity index is 2.93. The van der Waals surface area contributed by atoms with Crippen LogP contribution in [0.2, 0.25) is 5.02 Å². The van der Waals surface area contributed by atoms with E-state index in [1.165, 1.54) is 10.9 Å². The summed E-state index contributed by atoms with van der Waals surface area (Å²) < 4.78 is 0. The zero-order chi connectivity index (χ0) is 8.72. The van der Waals surface area contributed by atoms with Crippen LogP contribution in [0.5, 0.6) is 0 Å². The number of hydrogen-bond donors (Lipinski definition) is 1. The Labute approximate surface area is 76.4 Å². The standard InChI is InChI=1S/C10H10ClN/c1-6-5-12-10-7(2)9(11)4-3-8(6)10/h3-5,12H,1-2H3. The normalized spacial score (nSPS) is 10.9. The molecule has 0 unspecified atom stereocenters. The lowest BCUT2D eigenvalue weighted by molar-refractivity contribution is 1.40. The van der Waals surface area contributed by atoms with Gasteiger partial charge in [0.1, 0.15) is 0 Å². The lowest BCUT2D eigenvalue weighted by atomic mass is 10.1. The molecule has 0 atom stereocenters. The van der Waals surface area contributed by atoms with Gasteiger partial charge in [-0.3, -0.25) is 0 Å². The Morgan fingerprint density at radius 2 is 2.00 bits per heavy atom. The zero-order valence-corrected chi connectivity index (χ0v) is 7.87. The van der Waals surface area contributed by atoms with Gasteiger partial charge in [-0.15, -0.1) is 0 Å². The lowest BCUT2D eigenvalue weighted by Gasteiger charge is -1.98. The summed E-state index contributed by atoms with van der Waals surface area (Å²) in [5.41, 5.74) is 3.55. The largest absolute Gasteiger partial charge is 0.361 e. The summed E-state index contributed by atoms with van der Waals surface area (Å²) in [6.07, 6.45) is 2.01. The van der Waals surface area contributed by atoms with Crippen molar-refractivity contribution in [3.63, 3.8) is 0 Å². The first-order valence-electron chi connectivity index (χ1n) is 3.93. The van der Waals surface area contributed by atoms with Gasteiger partial charge in [0.05, 0.1) is 5.52 Å². The Kier molecular flexibility index (Phi) is 1.62. The van der Waals surface area contributed by atoms with Crippen molar-refractivity contribution in [1.82, 2.24) is 4.98 Å². The number of halogens is 1. The smallest absolute Gasteiger partial charge is 0.0501 e.